The fourth-order valence-corrected chi connectivity index (χ4v) is 9.05. The van der Waals surface area contributed by atoms with Crippen LogP contribution in [-0.2, 0) is 11.3 Å². The van der Waals surface area contributed by atoms with Gasteiger partial charge in [0.15, 0.2) is 0 Å². The number of fused-ring (bicyclic) bond motifs is 1. The zero-order chi connectivity index (χ0) is 22.7. The van der Waals surface area contributed by atoms with Crippen LogP contribution < -0.4 is 5.32 Å². The molecule has 2 unspecified atom stereocenters. The predicted molar refractivity (Wildman–Crippen MR) is 132 cm³/mol. The van der Waals surface area contributed by atoms with Crippen molar-refractivity contribution in [2.75, 3.05) is 13.1 Å². The molecule has 4 bridgehead atoms. The molecule has 2 atom stereocenters. The van der Waals surface area contributed by atoms with Crippen LogP contribution in [0.1, 0.15) is 75.7 Å². The van der Waals surface area contributed by atoms with Crippen molar-refractivity contribution < 1.29 is 9.59 Å². The predicted octanol–water partition coefficient (Wildman–Crippen LogP) is 5.30. The summed E-state index contributed by atoms with van der Waals surface area (Å²) in [5.74, 6) is 2.83. The molecule has 1 aliphatic heterocycles. The number of piperidine rings is 1. The van der Waals surface area contributed by atoms with E-state index in [0.717, 1.165) is 59.6 Å². The van der Waals surface area contributed by atoms with E-state index in [9.17, 15) is 9.59 Å². The molecule has 0 spiro atoms. The van der Waals surface area contributed by atoms with E-state index in [4.69, 9.17) is 0 Å². The summed E-state index contributed by atoms with van der Waals surface area (Å²) in [5, 5.41) is 5.55. The molecule has 0 radical (unpaired) electrons. The van der Waals surface area contributed by atoms with E-state index in [2.05, 4.69) is 35.2 Å². The number of hydrogen-bond acceptors (Lipinski definition) is 3. The Morgan fingerprint density at radius 3 is 2.55 bits per heavy atom. The lowest BCUT2D eigenvalue weighted by atomic mass is 9.48. The average Bonchev–Trinajstić information content (AvgIpc) is 3.39. The number of thiophene rings is 1. The van der Waals surface area contributed by atoms with Crippen LogP contribution in [0.4, 0.5) is 0 Å². The van der Waals surface area contributed by atoms with Crippen LogP contribution in [-0.4, -0.2) is 40.4 Å². The lowest BCUT2D eigenvalue weighted by Gasteiger charge is -2.59. The molecule has 178 valence electrons. The Morgan fingerprint density at radius 1 is 1.18 bits per heavy atom. The minimum absolute atomic E-state index is 0.0758. The average molecular weight is 468 g/mol. The van der Waals surface area contributed by atoms with Crippen LogP contribution in [0, 0.1) is 29.1 Å². The van der Waals surface area contributed by atoms with Gasteiger partial charge in [-0.25, -0.2) is 0 Å². The first-order valence-electron chi connectivity index (χ1n) is 13.1. The van der Waals surface area contributed by atoms with Crippen LogP contribution in [0.3, 0.4) is 0 Å². The van der Waals surface area contributed by atoms with E-state index in [1.165, 1.54) is 38.5 Å². The third-order valence-electron chi connectivity index (χ3n) is 9.50. The number of aromatic nitrogens is 1. The number of hydrogen-bond donors (Lipinski definition) is 1. The first kappa shape index (κ1) is 21.7. The highest BCUT2D eigenvalue weighted by molar-refractivity contribution is 7.17. The molecule has 4 aliphatic carbocycles. The van der Waals surface area contributed by atoms with Crippen LogP contribution in [0.5, 0.6) is 0 Å². The number of carbonyl (C=O) groups is 2. The molecule has 0 aromatic carbocycles. The van der Waals surface area contributed by atoms with Gasteiger partial charge in [0.25, 0.3) is 5.91 Å². The van der Waals surface area contributed by atoms with Crippen molar-refractivity contribution in [3.8, 4) is 0 Å². The SMILES string of the molecule is CCn1c(C(=O)N2CCCC(C(=O)NC(C)C34CC5CC(CC(C5)C3)C4)C2)cc2sccc21. The highest BCUT2D eigenvalue weighted by atomic mass is 32.1. The van der Waals surface area contributed by atoms with Crippen molar-refractivity contribution >= 4 is 33.4 Å². The van der Waals surface area contributed by atoms with Crippen molar-refractivity contribution in [1.82, 2.24) is 14.8 Å². The van der Waals surface area contributed by atoms with Crippen LogP contribution in [0.15, 0.2) is 17.5 Å². The Balaban J connectivity index is 1.13. The highest BCUT2D eigenvalue weighted by Gasteiger charge is 2.53. The van der Waals surface area contributed by atoms with Gasteiger partial charge in [-0.2, -0.15) is 0 Å². The summed E-state index contributed by atoms with van der Waals surface area (Å²) in [5.41, 5.74) is 2.23. The molecule has 5 fully saturated rings. The van der Waals surface area contributed by atoms with Gasteiger partial charge in [0.05, 0.1) is 16.1 Å². The third kappa shape index (κ3) is 3.64. The monoisotopic (exact) mass is 467 g/mol. The summed E-state index contributed by atoms with van der Waals surface area (Å²) in [7, 11) is 0. The summed E-state index contributed by atoms with van der Waals surface area (Å²) in [6.45, 7) is 6.42. The second kappa shape index (κ2) is 8.14. The molecule has 1 saturated heterocycles. The van der Waals surface area contributed by atoms with Gasteiger partial charge in [0.1, 0.15) is 5.69 Å². The Kier molecular flexibility index (Phi) is 5.35. The second-order valence-electron chi connectivity index (χ2n) is 11.5. The van der Waals surface area contributed by atoms with Gasteiger partial charge in [-0.3, -0.25) is 9.59 Å². The molecule has 5 nitrogen and oxygen atoms in total. The van der Waals surface area contributed by atoms with Crippen molar-refractivity contribution in [2.24, 2.45) is 29.1 Å². The van der Waals surface area contributed by atoms with E-state index in [0.29, 0.717) is 12.0 Å². The zero-order valence-corrected chi connectivity index (χ0v) is 20.8. The van der Waals surface area contributed by atoms with Gasteiger partial charge in [0, 0.05) is 25.7 Å². The fraction of sp³-hybridized carbons (Fsp3) is 0.704. The standard InChI is InChI=1S/C27H37N3O2S/c1-3-30-22-6-8-33-24(22)12-23(30)26(32)29-7-4-5-21(16-29)25(31)28-17(2)27-13-18-9-19(14-27)11-20(10-18)15-27/h6,8,12,17-21H,3-5,7,9-11,13-16H2,1-2H3,(H,28,31). The summed E-state index contributed by atoms with van der Waals surface area (Å²) in [6, 6.07) is 4.37. The van der Waals surface area contributed by atoms with Crippen LogP contribution >= 0.6 is 11.3 Å². The molecule has 4 saturated carbocycles. The maximum absolute atomic E-state index is 13.4. The smallest absolute Gasteiger partial charge is 0.270 e. The molecular weight excluding hydrogens is 430 g/mol. The second-order valence-corrected chi connectivity index (χ2v) is 12.5. The molecule has 3 heterocycles. The quantitative estimate of drug-likeness (QED) is 0.649. The third-order valence-corrected chi connectivity index (χ3v) is 10.4. The number of likely N-dealkylation sites (tertiary alicyclic amines) is 1. The molecule has 2 aromatic rings. The fourth-order valence-electron chi connectivity index (χ4n) is 8.22. The minimum Gasteiger partial charge on any atom is -0.353 e. The molecule has 2 amide bonds. The first-order chi connectivity index (χ1) is 16.0. The summed E-state index contributed by atoms with van der Waals surface area (Å²) >= 11 is 1.68. The Morgan fingerprint density at radius 2 is 1.88 bits per heavy atom. The highest BCUT2D eigenvalue weighted by Crippen LogP contribution is 2.61. The number of amides is 2. The molecular formula is C27H37N3O2S. The maximum Gasteiger partial charge on any atom is 0.270 e. The summed E-state index contributed by atoms with van der Waals surface area (Å²) < 4.78 is 3.28. The molecule has 7 rings (SSSR count). The van der Waals surface area contributed by atoms with E-state index >= 15 is 0 Å². The van der Waals surface area contributed by atoms with Crippen molar-refractivity contribution in [3.05, 3.63) is 23.2 Å². The van der Waals surface area contributed by atoms with Gasteiger partial charge in [-0.05, 0) is 106 Å². The lowest BCUT2D eigenvalue weighted by molar-refractivity contribution is -0.131. The van der Waals surface area contributed by atoms with Crippen LogP contribution in [0.25, 0.3) is 10.2 Å². The number of rotatable bonds is 5. The van der Waals surface area contributed by atoms with Gasteiger partial charge < -0.3 is 14.8 Å². The topological polar surface area (TPSA) is 54.3 Å². The van der Waals surface area contributed by atoms with E-state index < -0.39 is 0 Å². The largest absolute Gasteiger partial charge is 0.353 e. The molecule has 6 heteroatoms. The van der Waals surface area contributed by atoms with E-state index in [-0.39, 0.29) is 23.8 Å². The number of carbonyl (C=O) groups excluding carboxylic acids is 2. The summed E-state index contributed by atoms with van der Waals surface area (Å²) in [6.07, 6.45) is 9.98. The van der Waals surface area contributed by atoms with Gasteiger partial charge in [-0.15, -0.1) is 11.3 Å². The Bertz CT molecular complexity index is 1030. The van der Waals surface area contributed by atoms with Gasteiger partial charge in [0.2, 0.25) is 5.91 Å². The molecule has 2 aromatic heterocycles. The van der Waals surface area contributed by atoms with Gasteiger partial charge in [-0.1, -0.05) is 0 Å². The number of aryl methyl sites for hydroxylation is 1. The summed E-state index contributed by atoms with van der Waals surface area (Å²) in [4.78, 5) is 28.7. The van der Waals surface area contributed by atoms with E-state index in [1.807, 2.05) is 11.0 Å². The Labute approximate surface area is 200 Å². The Hall–Kier alpha value is -1.82. The number of nitrogens with zero attached hydrogens (tertiary/aromatic N) is 2. The zero-order valence-electron chi connectivity index (χ0n) is 20.0. The normalized spacial score (nSPS) is 34.1. The van der Waals surface area contributed by atoms with Gasteiger partial charge >= 0.3 is 0 Å². The van der Waals surface area contributed by atoms with Crippen LogP contribution in [0.2, 0.25) is 0 Å². The molecule has 1 N–H and O–H groups in total. The molecule has 5 aliphatic rings. The van der Waals surface area contributed by atoms with Crippen molar-refractivity contribution in [2.45, 2.75) is 77.8 Å². The van der Waals surface area contributed by atoms with Crippen molar-refractivity contribution in [3.63, 3.8) is 0 Å². The molecule has 33 heavy (non-hydrogen) atoms. The van der Waals surface area contributed by atoms with E-state index in [1.54, 1.807) is 11.3 Å². The first-order valence-corrected chi connectivity index (χ1v) is 14.0. The minimum atomic E-state index is -0.0924. The number of nitrogens with one attached hydrogen (secondary N) is 1. The van der Waals surface area contributed by atoms with Crippen molar-refractivity contribution in [1.29, 1.82) is 0 Å². The lowest BCUT2D eigenvalue weighted by Crippen LogP contribution is -2.57. The maximum atomic E-state index is 13.4.